The average molecular weight is 386 g/mol. The number of imidazole rings is 1. The van der Waals surface area contributed by atoms with Crippen molar-refractivity contribution >= 4 is 17.5 Å². The maximum absolute atomic E-state index is 12.5. The van der Waals surface area contributed by atoms with E-state index in [1.165, 1.54) is 0 Å². The van der Waals surface area contributed by atoms with Crippen LogP contribution in [0.3, 0.4) is 0 Å². The van der Waals surface area contributed by atoms with E-state index in [0.29, 0.717) is 22.3 Å². The maximum Gasteiger partial charge on any atom is 0.258 e. The number of aromatic nitrogens is 2. The van der Waals surface area contributed by atoms with E-state index in [9.17, 15) is 4.79 Å². The van der Waals surface area contributed by atoms with Gasteiger partial charge in [0.25, 0.3) is 5.91 Å². The Morgan fingerprint density at radius 3 is 2.78 bits per heavy atom. The first kappa shape index (κ1) is 18.8. The molecule has 1 heterocycles. The van der Waals surface area contributed by atoms with Crippen LogP contribution in [0.2, 0.25) is 5.02 Å². The molecular formula is C20H20ClN3O3. The van der Waals surface area contributed by atoms with Crippen LogP contribution in [0.5, 0.6) is 11.5 Å². The molecule has 1 atom stereocenters. The highest BCUT2D eigenvalue weighted by Gasteiger charge is 2.21. The number of nitrogens with one attached hydrogen (secondary N) is 1. The fraction of sp³-hybridized carbons (Fsp3) is 0.200. The van der Waals surface area contributed by atoms with E-state index >= 15 is 0 Å². The van der Waals surface area contributed by atoms with Crippen molar-refractivity contribution in [1.82, 2.24) is 14.9 Å². The van der Waals surface area contributed by atoms with Crippen LogP contribution in [0.4, 0.5) is 0 Å². The van der Waals surface area contributed by atoms with Crippen molar-refractivity contribution in [1.29, 1.82) is 0 Å². The number of halogens is 1. The number of ether oxygens (including phenoxy) is 2. The van der Waals surface area contributed by atoms with Crippen molar-refractivity contribution in [2.45, 2.75) is 6.04 Å². The van der Waals surface area contributed by atoms with Gasteiger partial charge in [-0.05, 0) is 29.8 Å². The molecule has 0 aliphatic rings. The van der Waals surface area contributed by atoms with Crippen LogP contribution < -0.4 is 14.8 Å². The quantitative estimate of drug-likeness (QED) is 0.677. The lowest BCUT2D eigenvalue weighted by atomic mass is 10.1. The minimum Gasteiger partial charge on any atom is -0.497 e. The van der Waals surface area contributed by atoms with Crippen LogP contribution in [0.15, 0.2) is 60.9 Å². The third kappa shape index (κ3) is 4.60. The van der Waals surface area contributed by atoms with Gasteiger partial charge in [0.2, 0.25) is 0 Å². The second-order valence-electron chi connectivity index (χ2n) is 5.89. The monoisotopic (exact) mass is 385 g/mol. The first-order valence-corrected chi connectivity index (χ1v) is 8.74. The van der Waals surface area contributed by atoms with Crippen molar-refractivity contribution in [3.63, 3.8) is 0 Å². The maximum atomic E-state index is 12.5. The molecule has 0 fully saturated rings. The summed E-state index contributed by atoms with van der Waals surface area (Å²) in [7, 11) is 3.48. The zero-order valence-corrected chi connectivity index (χ0v) is 15.8. The van der Waals surface area contributed by atoms with Gasteiger partial charge < -0.3 is 19.4 Å². The van der Waals surface area contributed by atoms with E-state index in [4.69, 9.17) is 21.1 Å². The van der Waals surface area contributed by atoms with Gasteiger partial charge in [-0.15, -0.1) is 0 Å². The van der Waals surface area contributed by atoms with Crippen LogP contribution in [-0.2, 0) is 11.8 Å². The number of hydrogen-bond acceptors (Lipinski definition) is 4. The summed E-state index contributed by atoms with van der Waals surface area (Å²) in [4.78, 5) is 16.9. The Balaban J connectivity index is 1.78. The molecule has 3 rings (SSSR count). The van der Waals surface area contributed by atoms with Crippen molar-refractivity contribution in [2.75, 3.05) is 13.7 Å². The molecule has 140 valence electrons. The number of methoxy groups -OCH3 is 1. The zero-order chi connectivity index (χ0) is 19.2. The van der Waals surface area contributed by atoms with Gasteiger partial charge in [0, 0.05) is 19.4 Å². The predicted octanol–water partition coefficient (Wildman–Crippen LogP) is 3.37. The molecule has 1 amide bonds. The minimum atomic E-state index is -0.442. The van der Waals surface area contributed by atoms with Crippen LogP contribution in [-0.4, -0.2) is 29.2 Å². The highest BCUT2D eigenvalue weighted by Crippen LogP contribution is 2.25. The number of amides is 1. The van der Waals surface area contributed by atoms with Gasteiger partial charge in [-0.3, -0.25) is 4.79 Å². The Morgan fingerprint density at radius 1 is 1.26 bits per heavy atom. The van der Waals surface area contributed by atoms with Crippen LogP contribution in [0.25, 0.3) is 0 Å². The fourth-order valence-corrected chi connectivity index (χ4v) is 2.87. The normalized spacial score (nSPS) is 11.7. The summed E-state index contributed by atoms with van der Waals surface area (Å²) in [5, 5.41) is 3.43. The molecule has 0 saturated heterocycles. The topological polar surface area (TPSA) is 65.4 Å². The third-order valence-corrected chi connectivity index (χ3v) is 4.36. The number of hydrogen-bond donors (Lipinski definition) is 1. The lowest BCUT2D eigenvalue weighted by Crippen LogP contribution is -2.34. The highest BCUT2D eigenvalue weighted by molar-refractivity contribution is 6.32. The summed E-state index contributed by atoms with van der Waals surface area (Å²) in [5.41, 5.74) is 0.856. The first-order valence-electron chi connectivity index (χ1n) is 8.36. The van der Waals surface area contributed by atoms with Crippen molar-refractivity contribution < 1.29 is 14.3 Å². The minimum absolute atomic E-state index is 0.158. The van der Waals surface area contributed by atoms with Crippen LogP contribution >= 0.6 is 11.6 Å². The summed E-state index contributed by atoms with van der Waals surface area (Å²) in [5.74, 6) is 1.58. The van der Waals surface area contributed by atoms with Gasteiger partial charge >= 0.3 is 0 Å². The molecule has 0 radical (unpaired) electrons. The number of benzene rings is 2. The number of nitrogens with zero attached hydrogens (tertiary/aromatic N) is 2. The number of carbonyl (C=O) groups excluding carboxylic acids is 1. The molecule has 27 heavy (non-hydrogen) atoms. The van der Waals surface area contributed by atoms with E-state index in [2.05, 4.69) is 10.3 Å². The number of rotatable bonds is 7. The molecule has 0 aliphatic heterocycles. The predicted molar refractivity (Wildman–Crippen MR) is 103 cm³/mol. The molecule has 0 aliphatic carbocycles. The summed E-state index contributed by atoms with van der Waals surface area (Å²) in [6.07, 6.45) is 3.52. The standard InChI is InChI=1S/C20H20ClN3O3/c1-24-11-10-22-20(24)19(14-6-5-7-15(12-14)26-2)23-18(25)13-27-17-9-4-3-8-16(17)21/h3-12,19H,13H2,1-2H3,(H,23,25)/t19-/m1/s1. The average Bonchev–Trinajstić information content (AvgIpc) is 3.11. The molecule has 3 aromatic rings. The van der Waals surface area contributed by atoms with E-state index in [-0.39, 0.29) is 12.5 Å². The number of aryl methyl sites for hydroxylation is 1. The van der Waals surface area contributed by atoms with Gasteiger partial charge in [-0.1, -0.05) is 35.9 Å². The molecule has 0 unspecified atom stereocenters. The van der Waals surface area contributed by atoms with E-state index in [0.717, 1.165) is 5.56 Å². The Kier molecular flexibility index (Phi) is 5.98. The Labute approximate surface area is 162 Å². The van der Waals surface area contributed by atoms with Gasteiger partial charge in [-0.2, -0.15) is 0 Å². The van der Waals surface area contributed by atoms with Crippen molar-refractivity contribution in [3.8, 4) is 11.5 Å². The molecule has 0 saturated carbocycles. The van der Waals surface area contributed by atoms with E-state index < -0.39 is 6.04 Å². The molecule has 1 aromatic heterocycles. The summed E-state index contributed by atoms with van der Waals surface area (Å²) in [6.45, 7) is -0.158. The molecule has 1 N–H and O–H groups in total. The highest BCUT2D eigenvalue weighted by atomic mass is 35.5. The van der Waals surface area contributed by atoms with Crippen molar-refractivity contribution in [3.05, 3.63) is 77.3 Å². The Hall–Kier alpha value is -2.99. The van der Waals surface area contributed by atoms with E-state index in [1.807, 2.05) is 42.1 Å². The van der Waals surface area contributed by atoms with E-state index in [1.54, 1.807) is 37.6 Å². The lowest BCUT2D eigenvalue weighted by Gasteiger charge is -2.20. The number of carbonyl (C=O) groups is 1. The second kappa shape index (κ2) is 8.60. The SMILES string of the molecule is COc1cccc([C@@H](NC(=O)COc2ccccc2Cl)c2nccn2C)c1. The second-order valence-corrected chi connectivity index (χ2v) is 6.30. The Morgan fingerprint density at radius 2 is 2.07 bits per heavy atom. The molecular weight excluding hydrogens is 366 g/mol. The van der Waals surface area contributed by atoms with Crippen LogP contribution in [0, 0.1) is 0 Å². The molecule has 0 spiro atoms. The van der Waals surface area contributed by atoms with Gasteiger partial charge in [-0.25, -0.2) is 4.98 Å². The third-order valence-electron chi connectivity index (χ3n) is 4.04. The largest absolute Gasteiger partial charge is 0.497 e. The molecule has 6 nitrogen and oxygen atoms in total. The van der Waals surface area contributed by atoms with Gasteiger partial charge in [0.15, 0.2) is 6.61 Å². The molecule has 7 heteroatoms. The van der Waals surface area contributed by atoms with Gasteiger partial charge in [0.05, 0.1) is 12.1 Å². The molecule has 2 aromatic carbocycles. The van der Waals surface area contributed by atoms with Gasteiger partial charge in [0.1, 0.15) is 23.4 Å². The summed E-state index contributed by atoms with van der Waals surface area (Å²) < 4.78 is 12.7. The summed E-state index contributed by atoms with van der Waals surface area (Å²) >= 11 is 6.06. The summed E-state index contributed by atoms with van der Waals surface area (Å²) in [6, 6.07) is 14.1. The van der Waals surface area contributed by atoms with Crippen LogP contribution in [0.1, 0.15) is 17.4 Å². The Bertz CT molecular complexity index is 926. The smallest absolute Gasteiger partial charge is 0.258 e. The fourth-order valence-electron chi connectivity index (χ4n) is 2.68. The molecule has 0 bridgehead atoms. The number of para-hydroxylation sites is 1. The first-order chi connectivity index (χ1) is 13.1. The lowest BCUT2D eigenvalue weighted by molar-refractivity contribution is -0.123. The zero-order valence-electron chi connectivity index (χ0n) is 15.1. The van der Waals surface area contributed by atoms with Crippen molar-refractivity contribution in [2.24, 2.45) is 7.05 Å².